The molecule has 132 valence electrons. The molecule has 2 heterocycles. The number of ether oxygens (including phenoxy) is 1. The minimum absolute atomic E-state index is 0.151. The summed E-state index contributed by atoms with van der Waals surface area (Å²) in [5.41, 5.74) is 1.21. The van der Waals surface area contributed by atoms with Crippen LogP contribution in [0.1, 0.15) is 34.7 Å². The molecular formula is C19H22N2O4. The lowest BCUT2D eigenvalue weighted by Crippen LogP contribution is -2.43. The van der Waals surface area contributed by atoms with E-state index in [1.54, 1.807) is 49.3 Å². The molecule has 3 rings (SSSR count). The van der Waals surface area contributed by atoms with Gasteiger partial charge in [0.15, 0.2) is 0 Å². The van der Waals surface area contributed by atoms with Crippen molar-refractivity contribution < 1.29 is 18.7 Å². The van der Waals surface area contributed by atoms with E-state index in [1.807, 2.05) is 6.92 Å². The van der Waals surface area contributed by atoms with Crippen molar-refractivity contribution in [3.05, 3.63) is 47.4 Å². The van der Waals surface area contributed by atoms with Gasteiger partial charge in [0, 0.05) is 12.2 Å². The third-order valence-corrected chi connectivity index (χ3v) is 4.45. The molecule has 25 heavy (non-hydrogen) atoms. The summed E-state index contributed by atoms with van der Waals surface area (Å²) < 4.78 is 10.6. The van der Waals surface area contributed by atoms with Crippen LogP contribution in [0.25, 0.3) is 0 Å². The van der Waals surface area contributed by atoms with Crippen LogP contribution in [-0.4, -0.2) is 36.4 Å². The van der Waals surface area contributed by atoms with Crippen molar-refractivity contribution in [1.82, 2.24) is 4.90 Å². The highest BCUT2D eigenvalue weighted by molar-refractivity contribution is 6.02. The molecular weight excluding hydrogens is 320 g/mol. The van der Waals surface area contributed by atoms with Gasteiger partial charge in [-0.2, -0.15) is 0 Å². The van der Waals surface area contributed by atoms with E-state index in [-0.39, 0.29) is 11.8 Å². The number of furan rings is 1. The number of methoxy groups -OCH3 is 1. The second-order valence-electron chi connectivity index (χ2n) is 6.20. The lowest BCUT2D eigenvalue weighted by atomic mass is 10.1. The minimum Gasteiger partial charge on any atom is -0.497 e. The van der Waals surface area contributed by atoms with Gasteiger partial charge in [-0.15, -0.1) is 0 Å². The molecule has 6 heteroatoms. The second kappa shape index (κ2) is 7.01. The first-order valence-electron chi connectivity index (χ1n) is 8.32. The first-order valence-corrected chi connectivity index (χ1v) is 8.32. The van der Waals surface area contributed by atoms with Crippen LogP contribution >= 0.6 is 0 Å². The molecule has 1 aromatic carbocycles. The van der Waals surface area contributed by atoms with Gasteiger partial charge >= 0.3 is 0 Å². The fraction of sp³-hybridized carbons (Fsp3) is 0.368. The maximum atomic E-state index is 12.8. The van der Waals surface area contributed by atoms with Gasteiger partial charge in [0.2, 0.25) is 5.91 Å². The third-order valence-electron chi connectivity index (χ3n) is 4.45. The van der Waals surface area contributed by atoms with E-state index in [2.05, 4.69) is 5.32 Å². The summed E-state index contributed by atoms with van der Waals surface area (Å²) in [5.74, 6) is 1.68. The van der Waals surface area contributed by atoms with E-state index < -0.39 is 6.04 Å². The number of hydrogen-bond acceptors (Lipinski definition) is 4. The predicted octanol–water partition coefficient (Wildman–Crippen LogP) is 3.15. The molecule has 0 saturated carbocycles. The summed E-state index contributed by atoms with van der Waals surface area (Å²) in [6.07, 6.45) is 1.46. The normalized spacial score (nSPS) is 16.8. The molecule has 0 unspecified atom stereocenters. The van der Waals surface area contributed by atoms with Crippen LogP contribution in [0.4, 0.5) is 5.69 Å². The van der Waals surface area contributed by atoms with Crippen LogP contribution < -0.4 is 10.1 Å². The number of benzene rings is 1. The molecule has 1 saturated heterocycles. The lowest BCUT2D eigenvalue weighted by Gasteiger charge is -2.23. The van der Waals surface area contributed by atoms with Gasteiger partial charge in [-0.25, -0.2) is 0 Å². The van der Waals surface area contributed by atoms with Crippen LogP contribution in [0.15, 0.2) is 34.7 Å². The number of amides is 2. The molecule has 1 atom stereocenters. The summed E-state index contributed by atoms with van der Waals surface area (Å²) in [6, 6.07) is 8.39. The van der Waals surface area contributed by atoms with Crippen LogP contribution in [0.2, 0.25) is 0 Å². The molecule has 1 aliphatic rings. The highest BCUT2D eigenvalue weighted by Crippen LogP contribution is 2.24. The molecule has 1 fully saturated rings. The second-order valence-corrected chi connectivity index (χ2v) is 6.20. The van der Waals surface area contributed by atoms with E-state index >= 15 is 0 Å². The quantitative estimate of drug-likeness (QED) is 0.926. The van der Waals surface area contributed by atoms with E-state index in [9.17, 15) is 9.59 Å². The Labute approximate surface area is 146 Å². The van der Waals surface area contributed by atoms with Gasteiger partial charge in [-0.05, 0) is 57.0 Å². The van der Waals surface area contributed by atoms with E-state index in [0.29, 0.717) is 35.7 Å². The van der Waals surface area contributed by atoms with Crippen LogP contribution in [0, 0.1) is 13.8 Å². The molecule has 0 spiro atoms. The fourth-order valence-electron chi connectivity index (χ4n) is 3.18. The largest absolute Gasteiger partial charge is 0.497 e. The van der Waals surface area contributed by atoms with Gasteiger partial charge in [0.25, 0.3) is 5.91 Å². The van der Waals surface area contributed by atoms with Crippen molar-refractivity contribution in [3.8, 4) is 5.75 Å². The van der Waals surface area contributed by atoms with Gasteiger partial charge in [0.05, 0.1) is 12.7 Å². The fourth-order valence-corrected chi connectivity index (χ4v) is 3.18. The Morgan fingerprint density at radius 3 is 2.56 bits per heavy atom. The molecule has 0 aliphatic carbocycles. The number of carbonyl (C=O) groups excluding carboxylic acids is 2. The number of aryl methyl sites for hydroxylation is 2. The monoisotopic (exact) mass is 342 g/mol. The van der Waals surface area contributed by atoms with Gasteiger partial charge in [-0.3, -0.25) is 9.59 Å². The average Bonchev–Trinajstić information content (AvgIpc) is 3.21. The predicted molar refractivity (Wildman–Crippen MR) is 93.9 cm³/mol. The topological polar surface area (TPSA) is 71.8 Å². The Morgan fingerprint density at radius 1 is 1.24 bits per heavy atom. The third kappa shape index (κ3) is 3.52. The Kier molecular flexibility index (Phi) is 4.79. The number of carbonyl (C=O) groups is 2. The van der Waals surface area contributed by atoms with E-state index in [1.165, 1.54) is 0 Å². The number of likely N-dealkylation sites (tertiary alicyclic amines) is 1. The standard InChI is InChI=1S/C19H22N2O4/c1-12-11-16(13(2)25-12)19(23)21-10-4-5-17(21)18(22)20-14-6-8-15(24-3)9-7-14/h6-9,11,17H,4-5,10H2,1-3H3,(H,20,22)/t17-/m1/s1. The molecule has 1 aliphatic heterocycles. The molecule has 6 nitrogen and oxygen atoms in total. The Bertz CT molecular complexity index is 779. The zero-order chi connectivity index (χ0) is 18.0. The lowest BCUT2D eigenvalue weighted by molar-refractivity contribution is -0.119. The van der Waals surface area contributed by atoms with Crippen LogP contribution in [-0.2, 0) is 4.79 Å². The molecule has 0 radical (unpaired) electrons. The molecule has 2 aromatic rings. The smallest absolute Gasteiger partial charge is 0.258 e. The number of hydrogen-bond donors (Lipinski definition) is 1. The Balaban J connectivity index is 1.72. The Morgan fingerprint density at radius 2 is 1.96 bits per heavy atom. The maximum Gasteiger partial charge on any atom is 0.258 e. The summed E-state index contributed by atoms with van der Waals surface area (Å²) in [5, 5.41) is 2.88. The first kappa shape index (κ1) is 17.1. The number of anilines is 1. The summed E-state index contributed by atoms with van der Waals surface area (Å²) in [7, 11) is 1.59. The number of rotatable bonds is 4. The maximum absolute atomic E-state index is 12.8. The zero-order valence-electron chi connectivity index (χ0n) is 14.7. The van der Waals surface area contributed by atoms with Crippen molar-refractivity contribution >= 4 is 17.5 Å². The first-order chi connectivity index (χ1) is 12.0. The summed E-state index contributed by atoms with van der Waals surface area (Å²) in [6.45, 7) is 4.15. The van der Waals surface area contributed by atoms with Crippen molar-refractivity contribution in [3.63, 3.8) is 0 Å². The SMILES string of the molecule is COc1ccc(NC(=O)[C@H]2CCCN2C(=O)c2cc(C)oc2C)cc1. The molecule has 0 bridgehead atoms. The van der Waals surface area contributed by atoms with Crippen LogP contribution in [0.3, 0.4) is 0 Å². The highest BCUT2D eigenvalue weighted by atomic mass is 16.5. The molecule has 2 amide bonds. The highest BCUT2D eigenvalue weighted by Gasteiger charge is 2.35. The van der Waals surface area contributed by atoms with Gasteiger partial charge in [-0.1, -0.05) is 0 Å². The number of nitrogens with zero attached hydrogens (tertiary/aromatic N) is 1. The summed E-state index contributed by atoms with van der Waals surface area (Å²) >= 11 is 0. The summed E-state index contributed by atoms with van der Waals surface area (Å²) in [4.78, 5) is 27.1. The van der Waals surface area contributed by atoms with Crippen molar-refractivity contribution in [2.24, 2.45) is 0 Å². The average molecular weight is 342 g/mol. The van der Waals surface area contributed by atoms with Crippen molar-refractivity contribution in [2.75, 3.05) is 19.0 Å². The molecule has 1 N–H and O–H groups in total. The van der Waals surface area contributed by atoms with E-state index in [4.69, 9.17) is 9.15 Å². The van der Waals surface area contributed by atoms with E-state index in [0.717, 1.165) is 12.2 Å². The van der Waals surface area contributed by atoms with Crippen LogP contribution in [0.5, 0.6) is 5.75 Å². The van der Waals surface area contributed by atoms with Crippen molar-refractivity contribution in [1.29, 1.82) is 0 Å². The number of nitrogens with one attached hydrogen (secondary N) is 1. The molecule has 1 aromatic heterocycles. The van der Waals surface area contributed by atoms with Gasteiger partial charge in [0.1, 0.15) is 23.3 Å². The van der Waals surface area contributed by atoms with Crippen molar-refractivity contribution in [2.45, 2.75) is 32.7 Å². The minimum atomic E-state index is -0.468. The Hall–Kier alpha value is -2.76. The zero-order valence-corrected chi connectivity index (χ0v) is 14.7. The van der Waals surface area contributed by atoms with Gasteiger partial charge < -0.3 is 19.4 Å².